The standard InChI is InChI=1S/C11H14N6OS/c1-2-12-8-5-9(14-6-13-8)19-11-16-15-10(18)17(11)7-3-4-7/h5-7H,2-4H2,1H3,(H,15,18)(H,12,13,14). The molecule has 1 fully saturated rings. The lowest BCUT2D eigenvalue weighted by atomic mass is 10.5. The number of aromatic nitrogens is 5. The molecule has 19 heavy (non-hydrogen) atoms. The van der Waals surface area contributed by atoms with Crippen LogP contribution in [-0.4, -0.2) is 31.3 Å². The summed E-state index contributed by atoms with van der Waals surface area (Å²) in [5.41, 5.74) is -0.147. The number of aromatic amines is 1. The molecule has 0 atom stereocenters. The quantitative estimate of drug-likeness (QED) is 0.801. The summed E-state index contributed by atoms with van der Waals surface area (Å²) in [7, 11) is 0. The van der Waals surface area contributed by atoms with E-state index in [1.165, 1.54) is 18.1 Å². The van der Waals surface area contributed by atoms with Crippen LogP contribution in [-0.2, 0) is 0 Å². The summed E-state index contributed by atoms with van der Waals surface area (Å²) in [5.74, 6) is 0.774. The van der Waals surface area contributed by atoms with E-state index in [1.807, 2.05) is 13.0 Å². The summed E-state index contributed by atoms with van der Waals surface area (Å²) in [6, 6.07) is 2.15. The van der Waals surface area contributed by atoms with Crippen molar-refractivity contribution in [2.75, 3.05) is 11.9 Å². The van der Waals surface area contributed by atoms with Gasteiger partial charge in [0.15, 0.2) is 5.16 Å². The van der Waals surface area contributed by atoms with Gasteiger partial charge in [0.1, 0.15) is 17.2 Å². The summed E-state index contributed by atoms with van der Waals surface area (Å²) in [4.78, 5) is 20.0. The van der Waals surface area contributed by atoms with Crippen LogP contribution in [0, 0.1) is 0 Å². The Labute approximate surface area is 113 Å². The first-order valence-electron chi connectivity index (χ1n) is 6.18. The van der Waals surface area contributed by atoms with Gasteiger partial charge in [-0.05, 0) is 31.5 Å². The van der Waals surface area contributed by atoms with E-state index in [0.717, 1.165) is 30.2 Å². The maximum atomic E-state index is 11.7. The van der Waals surface area contributed by atoms with E-state index in [2.05, 4.69) is 25.5 Å². The van der Waals surface area contributed by atoms with E-state index in [4.69, 9.17) is 0 Å². The van der Waals surface area contributed by atoms with Crippen LogP contribution in [0.2, 0.25) is 0 Å². The summed E-state index contributed by atoms with van der Waals surface area (Å²) >= 11 is 1.37. The summed E-state index contributed by atoms with van der Waals surface area (Å²) < 4.78 is 1.71. The maximum absolute atomic E-state index is 11.7. The smallest absolute Gasteiger partial charge is 0.344 e. The molecule has 0 spiro atoms. The van der Waals surface area contributed by atoms with Crippen LogP contribution in [0.1, 0.15) is 25.8 Å². The van der Waals surface area contributed by atoms with Gasteiger partial charge in [-0.25, -0.2) is 19.9 Å². The average molecular weight is 278 g/mol. The largest absolute Gasteiger partial charge is 0.370 e. The van der Waals surface area contributed by atoms with E-state index in [0.29, 0.717) is 11.2 Å². The zero-order chi connectivity index (χ0) is 13.2. The molecule has 8 heteroatoms. The molecule has 0 radical (unpaired) electrons. The normalized spacial score (nSPS) is 14.6. The second-order valence-corrected chi connectivity index (χ2v) is 5.27. The molecule has 2 N–H and O–H groups in total. The Morgan fingerprint density at radius 1 is 1.53 bits per heavy atom. The zero-order valence-corrected chi connectivity index (χ0v) is 11.3. The maximum Gasteiger partial charge on any atom is 0.344 e. The van der Waals surface area contributed by atoms with Crippen LogP contribution in [0.15, 0.2) is 27.4 Å². The van der Waals surface area contributed by atoms with Crippen LogP contribution in [0.5, 0.6) is 0 Å². The van der Waals surface area contributed by atoms with Crippen molar-refractivity contribution in [3.05, 3.63) is 22.9 Å². The van der Waals surface area contributed by atoms with Crippen LogP contribution in [0.4, 0.5) is 5.82 Å². The van der Waals surface area contributed by atoms with Crippen molar-refractivity contribution < 1.29 is 0 Å². The van der Waals surface area contributed by atoms with Gasteiger partial charge in [0.2, 0.25) is 0 Å². The second kappa shape index (κ2) is 5.04. The minimum absolute atomic E-state index is 0.147. The van der Waals surface area contributed by atoms with Crippen molar-refractivity contribution >= 4 is 17.6 Å². The molecule has 100 valence electrons. The fourth-order valence-corrected chi connectivity index (χ4v) is 2.66. The molecule has 0 aliphatic heterocycles. The third-order valence-corrected chi connectivity index (χ3v) is 3.68. The van der Waals surface area contributed by atoms with Gasteiger partial charge < -0.3 is 5.32 Å². The number of nitrogens with zero attached hydrogens (tertiary/aromatic N) is 4. The minimum atomic E-state index is -0.147. The highest BCUT2D eigenvalue weighted by atomic mass is 32.2. The Balaban J connectivity index is 1.85. The Kier molecular flexibility index (Phi) is 3.24. The van der Waals surface area contributed by atoms with Crippen LogP contribution >= 0.6 is 11.8 Å². The highest BCUT2D eigenvalue weighted by Crippen LogP contribution is 2.37. The molecule has 3 rings (SSSR count). The van der Waals surface area contributed by atoms with Crippen molar-refractivity contribution in [3.8, 4) is 0 Å². The third-order valence-electron chi connectivity index (χ3n) is 2.78. The SMILES string of the molecule is CCNc1cc(Sc2n[nH]c(=O)n2C2CC2)ncn1. The number of hydrogen-bond acceptors (Lipinski definition) is 6. The van der Waals surface area contributed by atoms with E-state index in [1.54, 1.807) is 4.57 Å². The lowest BCUT2D eigenvalue weighted by Gasteiger charge is -2.05. The van der Waals surface area contributed by atoms with Gasteiger partial charge in [-0.3, -0.25) is 4.57 Å². The first-order valence-corrected chi connectivity index (χ1v) is 7.00. The fraction of sp³-hybridized carbons (Fsp3) is 0.455. The van der Waals surface area contributed by atoms with Gasteiger partial charge in [0.25, 0.3) is 0 Å². The molecule has 7 nitrogen and oxygen atoms in total. The molecule has 0 amide bonds. The first kappa shape index (κ1) is 12.2. The monoisotopic (exact) mass is 278 g/mol. The van der Waals surface area contributed by atoms with Gasteiger partial charge >= 0.3 is 5.69 Å². The Bertz CT molecular complexity index is 632. The summed E-state index contributed by atoms with van der Waals surface area (Å²) in [6.07, 6.45) is 3.59. The van der Waals surface area contributed by atoms with Gasteiger partial charge in [0, 0.05) is 18.7 Å². The van der Waals surface area contributed by atoms with E-state index in [9.17, 15) is 4.79 Å². The number of rotatable bonds is 5. The molecular weight excluding hydrogens is 264 g/mol. The molecule has 0 saturated heterocycles. The molecule has 0 aromatic carbocycles. The lowest BCUT2D eigenvalue weighted by Crippen LogP contribution is -2.16. The molecule has 1 aliphatic rings. The van der Waals surface area contributed by atoms with Crippen LogP contribution in [0.25, 0.3) is 0 Å². The predicted molar refractivity (Wildman–Crippen MR) is 71.4 cm³/mol. The van der Waals surface area contributed by atoms with Crippen molar-refractivity contribution in [2.45, 2.75) is 36.0 Å². The summed E-state index contributed by atoms with van der Waals surface area (Å²) in [6.45, 7) is 2.81. The van der Waals surface area contributed by atoms with Gasteiger partial charge in [-0.15, -0.1) is 5.10 Å². The van der Waals surface area contributed by atoms with Crippen LogP contribution < -0.4 is 11.0 Å². The summed E-state index contributed by atoms with van der Waals surface area (Å²) in [5, 5.41) is 11.1. The molecular formula is C11H14N6OS. The predicted octanol–water partition coefficient (Wildman–Crippen LogP) is 1.28. The molecule has 2 heterocycles. The van der Waals surface area contributed by atoms with E-state index < -0.39 is 0 Å². The third kappa shape index (κ3) is 2.62. The van der Waals surface area contributed by atoms with Crippen molar-refractivity contribution in [2.24, 2.45) is 0 Å². The van der Waals surface area contributed by atoms with E-state index in [-0.39, 0.29) is 5.69 Å². The van der Waals surface area contributed by atoms with Crippen molar-refractivity contribution in [1.29, 1.82) is 0 Å². The number of H-pyrrole nitrogens is 1. The molecule has 1 saturated carbocycles. The Morgan fingerprint density at radius 3 is 3.11 bits per heavy atom. The highest BCUT2D eigenvalue weighted by Gasteiger charge is 2.28. The van der Waals surface area contributed by atoms with Crippen molar-refractivity contribution in [1.82, 2.24) is 24.7 Å². The Morgan fingerprint density at radius 2 is 2.37 bits per heavy atom. The number of hydrogen-bond donors (Lipinski definition) is 2. The first-order chi connectivity index (χ1) is 9.28. The topological polar surface area (TPSA) is 88.5 Å². The zero-order valence-electron chi connectivity index (χ0n) is 10.5. The lowest BCUT2D eigenvalue weighted by molar-refractivity contribution is 0.642. The van der Waals surface area contributed by atoms with Crippen molar-refractivity contribution in [3.63, 3.8) is 0 Å². The fourth-order valence-electron chi connectivity index (χ4n) is 1.78. The van der Waals surface area contributed by atoms with Gasteiger partial charge in [-0.1, -0.05) is 0 Å². The molecule has 0 bridgehead atoms. The Hall–Kier alpha value is -1.83. The molecule has 2 aromatic rings. The number of anilines is 1. The van der Waals surface area contributed by atoms with Gasteiger partial charge in [0.05, 0.1) is 0 Å². The van der Waals surface area contributed by atoms with Gasteiger partial charge in [-0.2, -0.15) is 0 Å². The van der Waals surface area contributed by atoms with E-state index >= 15 is 0 Å². The highest BCUT2D eigenvalue weighted by molar-refractivity contribution is 7.99. The molecule has 0 unspecified atom stereocenters. The van der Waals surface area contributed by atoms with Crippen LogP contribution in [0.3, 0.4) is 0 Å². The number of nitrogens with one attached hydrogen (secondary N) is 2. The minimum Gasteiger partial charge on any atom is -0.370 e. The molecule has 2 aromatic heterocycles. The second-order valence-electron chi connectivity index (χ2n) is 4.29. The molecule has 1 aliphatic carbocycles. The average Bonchev–Trinajstić information content (AvgIpc) is 3.16.